The van der Waals surface area contributed by atoms with Gasteiger partial charge in [0.15, 0.2) is 0 Å². The van der Waals surface area contributed by atoms with Crippen molar-refractivity contribution in [1.82, 2.24) is 14.6 Å². The number of amides is 1. The maximum atomic E-state index is 13.1. The van der Waals surface area contributed by atoms with Crippen LogP contribution in [0.1, 0.15) is 35.2 Å². The third kappa shape index (κ3) is 5.05. The third-order valence-electron chi connectivity index (χ3n) is 6.87. The molecular weight excluding hydrogens is 505 g/mol. The van der Waals surface area contributed by atoms with Gasteiger partial charge in [0.1, 0.15) is 12.4 Å². The molecule has 1 amide bonds. The summed E-state index contributed by atoms with van der Waals surface area (Å²) in [6, 6.07) is 12.4. The summed E-state index contributed by atoms with van der Waals surface area (Å²) in [7, 11) is -4.32. The van der Waals surface area contributed by atoms with Crippen LogP contribution < -0.4 is 11.1 Å². The lowest BCUT2D eigenvalue weighted by Gasteiger charge is -2.36. The summed E-state index contributed by atoms with van der Waals surface area (Å²) >= 11 is 0. The van der Waals surface area contributed by atoms with Gasteiger partial charge in [-0.25, -0.2) is 13.4 Å². The van der Waals surface area contributed by atoms with Crippen molar-refractivity contribution < 1.29 is 26.4 Å². The SMILES string of the molecule is Nc1ncc(-c2ccc(S(=O)(=O)N(CC(F)(F)F)C3CCC3)cc2)cc1-c1ccc2c(c1)CCNC2=O. The first-order valence-electron chi connectivity index (χ1n) is 11.9. The van der Waals surface area contributed by atoms with Crippen LogP contribution in [-0.2, 0) is 16.4 Å². The maximum Gasteiger partial charge on any atom is 0.402 e. The fourth-order valence-corrected chi connectivity index (χ4v) is 6.35. The molecule has 11 heteroatoms. The molecule has 5 rings (SSSR count). The fraction of sp³-hybridized carbons (Fsp3) is 0.308. The average molecular weight is 531 g/mol. The molecule has 0 atom stereocenters. The van der Waals surface area contributed by atoms with Crippen LogP contribution in [0.4, 0.5) is 19.0 Å². The first-order chi connectivity index (χ1) is 17.5. The van der Waals surface area contributed by atoms with Crippen LogP contribution in [-0.4, -0.2) is 48.9 Å². The smallest absolute Gasteiger partial charge is 0.383 e. The summed E-state index contributed by atoms with van der Waals surface area (Å²) in [6.07, 6.45) is -0.837. The van der Waals surface area contributed by atoms with Crippen LogP contribution in [0.25, 0.3) is 22.3 Å². The molecule has 2 aliphatic rings. The van der Waals surface area contributed by atoms with E-state index >= 15 is 0 Å². The van der Waals surface area contributed by atoms with Crippen LogP contribution in [0.3, 0.4) is 0 Å². The number of nitrogens with one attached hydrogen (secondary N) is 1. The van der Waals surface area contributed by atoms with E-state index in [0.717, 1.165) is 11.1 Å². The minimum Gasteiger partial charge on any atom is -0.383 e. The number of rotatable bonds is 6. The van der Waals surface area contributed by atoms with Crippen molar-refractivity contribution in [2.75, 3.05) is 18.8 Å². The quantitative estimate of drug-likeness (QED) is 0.492. The van der Waals surface area contributed by atoms with E-state index in [1.807, 2.05) is 12.1 Å². The van der Waals surface area contributed by atoms with Crippen molar-refractivity contribution in [3.05, 3.63) is 65.9 Å². The molecule has 1 aromatic heterocycles. The Bertz CT molecular complexity index is 1450. The number of hydrogen-bond acceptors (Lipinski definition) is 5. The lowest BCUT2D eigenvalue weighted by Crippen LogP contribution is -2.48. The van der Waals surface area contributed by atoms with Crippen LogP contribution in [0.5, 0.6) is 0 Å². The Hall–Kier alpha value is -3.44. The highest BCUT2D eigenvalue weighted by atomic mass is 32.2. The van der Waals surface area contributed by atoms with Crippen LogP contribution in [0.15, 0.2) is 59.6 Å². The zero-order valence-electron chi connectivity index (χ0n) is 19.8. The molecule has 2 aromatic carbocycles. The van der Waals surface area contributed by atoms with E-state index in [1.54, 1.807) is 30.5 Å². The van der Waals surface area contributed by atoms with Gasteiger partial charge in [0.05, 0.1) is 4.90 Å². The highest BCUT2D eigenvalue weighted by molar-refractivity contribution is 7.89. The van der Waals surface area contributed by atoms with Gasteiger partial charge in [-0.05, 0) is 60.2 Å². The molecule has 0 saturated heterocycles. The highest BCUT2D eigenvalue weighted by Gasteiger charge is 2.42. The zero-order valence-corrected chi connectivity index (χ0v) is 20.6. The van der Waals surface area contributed by atoms with Crippen LogP contribution in [0.2, 0.25) is 0 Å². The number of pyridine rings is 1. The van der Waals surface area contributed by atoms with E-state index in [1.165, 1.54) is 12.1 Å². The van der Waals surface area contributed by atoms with Gasteiger partial charge < -0.3 is 11.1 Å². The van der Waals surface area contributed by atoms with Gasteiger partial charge in [0.25, 0.3) is 5.91 Å². The number of anilines is 1. The number of sulfonamides is 1. The van der Waals surface area contributed by atoms with Crippen LogP contribution in [0, 0.1) is 0 Å². The number of carbonyl (C=O) groups excluding carboxylic acids is 1. The van der Waals surface area contributed by atoms with E-state index in [-0.39, 0.29) is 10.8 Å². The minimum atomic E-state index is -4.63. The van der Waals surface area contributed by atoms with E-state index in [0.29, 0.717) is 64.6 Å². The number of hydrogen-bond donors (Lipinski definition) is 2. The molecule has 1 saturated carbocycles. The van der Waals surface area contributed by atoms with Crippen molar-refractivity contribution >= 4 is 21.7 Å². The van der Waals surface area contributed by atoms with Crippen molar-refractivity contribution in [3.8, 4) is 22.3 Å². The lowest BCUT2D eigenvalue weighted by atomic mass is 9.93. The number of nitrogen functional groups attached to an aromatic ring is 1. The minimum absolute atomic E-state index is 0.117. The van der Waals surface area contributed by atoms with Crippen molar-refractivity contribution in [3.63, 3.8) is 0 Å². The molecule has 2 heterocycles. The molecule has 1 fully saturated rings. The van der Waals surface area contributed by atoms with Crippen molar-refractivity contribution in [2.24, 2.45) is 0 Å². The molecule has 0 spiro atoms. The molecule has 3 aromatic rings. The van der Waals surface area contributed by atoms with Crippen molar-refractivity contribution in [2.45, 2.75) is 42.8 Å². The standard InChI is InChI=1S/C26H25F3N4O3S/c27-26(28,29)15-33(20-2-1-3-20)37(35,36)21-7-4-16(5-8-21)19-13-23(24(30)32-14-19)17-6-9-22-18(12-17)10-11-31-25(22)34/h4-9,12-14,20H,1-3,10-11,15H2,(H2,30,32)(H,31,34). The molecule has 0 radical (unpaired) electrons. The topological polar surface area (TPSA) is 105 Å². The molecule has 0 bridgehead atoms. The van der Waals surface area contributed by atoms with Crippen molar-refractivity contribution in [1.29, 1.82) is 0 Å². The summed E-state index contributed by atoms with van der Waals surface area (Å²) in [5, 5.41) is 2.81. The van der Waals surface area contributed by atoms with E-state index in [2.05, 4.69) is 10.3 Å². The molecule has 3 N–H and O–H groups in total. The number of halogens is 3. The molecule has 0 unspecified atom stereocenters. The van der Waals surface area contributed by atoms with Gasteiger partial charge in [-0.2, -0.15) is 17.5 Å². The summed E-state index contributed by atoms with van der Waals surface area (Å²) in [5.74, 6) is 0.181. The van der Waals surface area contributed by atoms with Gasteiger partial charge in [-0.3, -0.25) is 4.79 Å². The second-order valence-electron chi connectivity index (χ2n) is 9.31. The van der Waals surface area contributed by atoms with Gasteiger partial charge in [-0.1, -0.05) is 30.7 Å². The van der Waals surface area contributed by atoms with E-state index in [9.17, 15) is 26.4 Å². The highest BCUT2D eigenvalue weighted by Crippen LogP contribution is 2.35. The number of nitrogens with two attached hydrogens (primary N) is 1. The van der Waals surface area contributed by atoms with E-state index in [4.69, 9.17) is 5.73 Å². The Morgan fingerprint density at radius 3 is 2.35 bits per heavy atom. The molecular formula is C26H25F3N4O3S. The first kappa shape index (κ1) is 25.2. The Kier molecular flexibility index (Phi) is 6.45. The van der Waals surface area contributed by atoms with Gasteiger partial charge in [0.2, 0.25) is 10.0 Å². The Balaban J connectivity index is 1.44. The number of carbonyl (C=O) groups is 1. The number of nitrogens with zero attached hydrogens (tertiary/aromatic N) is 2. The zero-order chi connectivity index (χ0) is 26.4. The third-order valence-corrected chi connectivity index (χ3v) is 8.78. The number of aromatic nitrogens is 1. The number of fused-ring (bicyclic) bond motifs is 1. The summed E-state index contributed by atoms with van der Waals surface area (Å²) in [4.78, 5) is 16.2. The molecule has 1 aliphatic heterocycles. The Labute approximate surface area is 212 Å². The molecule has 194 valence electrons. The summed E-state index contributed by atoms with van der Waals surface area (Å²) in [6.45, 7) is -0.950. The Morgan fingerprint density at radius 2 is 1.70 bits per heavy atom. The monoisotopic (exact) mass is 530 g/mol. The van der Waals surface area contributed by atoms with Gasteiger partial charge in [0, 0.05) is 35.5 Å². The lowest BCUT2D eigenvalue weighted by molar-refractivity contribution is -0.141. The van der Waals surface area contributed by atoms with Crippen LogP contribution >= 0.6 is 0 Å². The Morgan fingerprint density at radius 1 is 1.00 bits per heavy atom. The predicted molar refractivity (Wildman–Crippen MR) is 133 cm³/mol. The second-order valence-corrected chi connectivity index (χ2v) is 11.2. The maximum absolute atomic E-state index is 13.1. The number of alkyl halides is 3. The van der Waals surface area contributed by atoms with Gasteiger partial charge in [-0.15, -0.1) is 0 Å². The summed E-state index contributed by atoms with van der Waals surface area (Å²) < 4.78 is 66.2. The second kappa shape index (κ2) is 9.46. The predicted octanol–water partition coefficient (Wildman–Crippen LogP) is 4.39. The van der Waals surface area contributed by atoms with E-state index < -0.39 is 28.8 Å². The largest absolute Gasteiger partial charge is 0.402 e. The summed E-state index contributed by atoms with van der Waals surface area (Å²) in [5.41, 5.74) is 10.4. The molecule has 37 heavy (non-hydrogen) atoms. The fourth-order valence-electron chi connectivity index (χ4n) is 4.68. The normalized spacial score (nSPS) is 16.3. The van der Waals surface area contributed by atoms with Gasteiger partial charge >= 0.3 is 6.18 Å². The average Bonchev–Trinajstić information content (AvgIpc) is 2.82. The molecule has 7 nitrogen and oxygen atoms in total. The number of benzene rings is 2. The first-order valence-corrected chi connectivity index (χ1v) is 13.3. The molecule has 1 aliphatic carbocycles.